The number of Topliss-reactive ketones (excluding diaryl/α,β-unsaturated/α-hetero) is 1. The molecule has 0 bridgehead atoms. The van der Waals surface area contributed by atoms with E-state index in [0.717, 1.165) is 18.4 Å². The monoisotopic (exact) mass is 206 g/mol. The number of ether oxygens (including phenoxy) is 1. The Morgan fingerprint density at radius 3 is 2.47 bits per heavy atom. The Morgan fingerprint density at radius 2 is 1.93 bits per heavy atom. The van der Waals surface area contributed by atoms with E-state index in [1.54, 1.807) is 0 Å². The summed E-state index contributed by atoms with van der Waals surface area (Å²) in [6, 6.07) is 9.34. The predicted molar refractivity (Wildman–Crippen MR) is 61.1 cm³/mol. The van der Waals surface area contributed by atoms with Crippen LogP contribution in [0.5, 0.6) is 0 Å². The third-order valence-corrected chi connectivity index (χ3v) is 2.27. The van der Waals surface area contributed by atoms with Gasteiger partial charge in [0.1, 0.15) is 6.10 Å². The quantitative estimate of drug-likeness (QED) is 0.669. The Hall–Kier alpha value is -1.15. The summed E-state index contributed by atoms with van der Waals surface area (Å²) < 4.78 is 5.45. The molecule has 0 saturated heterocycles. The van der Waals surface area contributed by atoms with Crippen molar-refractivity contribution in [2.45, 2.75) is 32.8 Å². The van der Waals surface area contributed by atoms with Crippen LogP contribution in [0.3, 0.4) is 0 Å². The van der Waals surface area contributed by atoms with Gasteiger partial charge in [-0.3, -0.25) is 4.79 Å². The van der Waals surface area contributed by atoms with Crippen molar-refractivity contribution in [3.63, 3.8) is 0 Å². The number of ketones is 1. The van der Waals surface area contributed by atoms with Crippen LogP contribution in [0.2, 0.25) is 0 Å². The molecule has 0 heterocycles. The van der Waals surface area contributed by atoms with E-state index in [0.29, 0.717) is 6.61 Å². The molecular weight excluding hydrogens is 188 g/mol. The lowest BCUT2D eigenvalue weighted by Crippen LogP contribution is -2.24. The summed E-state index contributed by atoms with van der Waals surface area (Å²) in [5, 5.41) is 0. The minimum atomic E-state index is -0.276. The first-order valence-corrected chi connectivity index (χ1v) is 5.50. The van der Waals surface area contributed by atoms with Crippen LogP contribution in [0.25, 0.3) is 0 Å². The van der Waals surface area contributed by atoms with Crippen LogP contribution >= 0.6 is 0 Å². The van der Waals surface area contributed by atoms with Crippen LogP contribution in [0, 0.1) is 0 Å². The lowest BCUT2D eigenvalue weighted by atomic mass is 10.0. The standard InChI is InChI=1S/C13H18O2/c1-3-8-12(15-4-2)13(14)11-9-6-5-7-10-11/h5-7,9-10,12H,3-4,8H2,1-2H3. The SMILES string of the molecule is CCCC(OCC)C(=O)c1ccccc1. The van der Waals surface area contributed by atoms with E-state index in [1.807, 2.05) is 37.3 Å². The second kappa shape index (κ2) is 6.36. The molecule has 0 saturated carbocycles. The molecule has 0 aliphatic carbocycles. The fourth-order valence-electron chi connectivity index (χ4n) is 1.54. The molecule has 15 heavy (non-hydrogen) atoms. The highest BCUT2D eigenvalue weighted by Gasteiger charge is 2.18. The summed E-state index contributed by atoms with van der Waals surface area (Å²) in [4.78, 5) is 12.0. The van der Waals surface area contributed by atoms with E-state index in [-0.39, 0.29) is 11.9 Å². The Balaban J connectivity index is 2.71. The van der Waals surface area contributed by atoms with E-state index >= 15 is 0 Å². The predicted octanol–water partition coefficient (Wildman–Crippen LogP) is 3.07. The van der Waals surface area contributed by atoms with Gasteiger partial charge >= 0.3 is 0 Å². The number of benzene rings is 1. The van der Waals surface area contributed by atoms with Crippen molar-refractivity contribution in [2.24, 2.45) is 0 Å². The molecule has 0 radical (unpaired) electrons. The smallest absolute Gasteiger partial charge is 0.191 e. The summed E-state index contributed by atoms with van der Waals surface area (Å²) in [5.41, 5.74) is 0.740. The van der Waals surface area contributed by atoms with Crippen LogP contribution in [-0.4, -0.2) is 18.5 Å². The third-order valence-electron chi connectivity index (χ3n) is 2.27. The molecule has 0 amide bonds. The summed E-state index contributed by atoms with van der Waals surface area (Å²) in [5.74, 6) is 0.0966. The lowest BCUT2D eigenvalue weighted by Gasteiger charge is -2.14. The summed E-state index contributed by atoms with van der Waals surface area (Å²) in [7, 11) is 0. The number of hydrogen-bond acceptors (Lipinski definition) is 2. The molecule has 1 unspecified atom stereocenters. The number of carbonyl (C=O) groups is 1. The van der Waals surface area contributed by atoms with Gasteiger partial charge in [0.05, 0.1) is 0 Å². The Morgan fingerprint density at radius 1 is 1.27 bits per heavy atom. The summed E-state index contributed by atoms with van der Waals surface area (Å²) in [6.07, 6.45) is 1.48. The van der Waals surface area contributed by atoms with E-state index in [2.05, 4.69) is 6.92 Å². The first-order chi connectivity index (χ1) is 7.29. The highest BCUT2D eigenvalue weighted by atomic mass is 16.5. The minimum Gasteiger partial charge on any atom is -0.370 e. The highest BCUT2D eigenvalue weighted by Crippen LogP contribution is 2.10. The molecule has 1 aromatic carbocycles. The second-order valence-corrected chi connectivity index (χ2v) is 3.46. The minimum absolute atomic E-state index is 0.0966. The molecule has 0 fully saturated rings. The maximum absolute atomic E-state index is 12.0. The van der Waals surface area contributed by atoms with E-state index < -0.39 is 0 Å². The molecular formula is C13H18O2. The molecule has 0 aliphatic heterocycles. The molecule has 1 aromatic rings. The largest absolute Gasteiger partial charge is 0.370 e. The Kier molecular flexibility index (Phi) is 5.05. The average molecular weight is 206 g/mol. The van der Waals surface area contributed by atoms with Gasteiger partial charge in [0, 0.05) is 12.2 Å². The van der Waals surface area contributed by atoms with Crippen LogP contribution < -0.4 is 0 Å². The zero-order valence-corrected chi connectivity index (χ0v) is 9.40. The van der Waals surface area contributed by atoms with E-state index in [4.69, 9.17) is 4.74 Å². The molecule has 2 nitrogen and oxygen atoms in total. The van der Waals surface area contributed by atoms with Crippen LogP contribution in [-0.2, 0) is 4.74 Å². The van der Waals surface area contributed by atoms with Crippen molar-refractivity contribution < 1.29 is 9.53 Å². The first-order valence-electron chi connectivity index (χ1n) is 5.50. The molecule has 2 heteroatoms. The van der Waals surface area contributed by atoms with Crippen molar-refractivity contribution in [2.75, 3.05) is 6.61 Å². The fraction of sp³-hybridized carbons (Fsp3) is 0.462. The fourth-order valence-corrected chi connectivity index (χ4v) is 1.54. The normalized spacial score (nSPS) is 12.4. The van der Waals surface area contributed by atoms with E-state index in [9.17, 15) is 4.79 Å². The van der Waals surface area contributed by atoms with Crippen LogP contribution in [0.15, 0.2) is 30.3 Å². The highest BCUT2D eigenvalue weighted by molar-refractivity contribution is 5.99. The maximum Gasteiger partial charge on any atom is 0.191 e. The molecule has 82 valence electrons. The van der Waals surface area contributed by atoms with Gasteiger partial charge in [-0.1, -0.05) is 43.7 Å². The second-order valence-electron chi connectivity index (χ2n) is 3.46. The molecule has 1 rings (SSSR count). The van der Waals surface area contributed by atoms with Crippen molar-refractivity contribution in [3.8, 4) is 0 Å². The van der Waals surface area contributed by atoms with Crippen molar-refractivity contribution in [3.05, 3.63) is 35.9 Å². The van der Waals surface area contributed by atoms with Crippen molar-refractivity contribution in [1.29, 1.82) is 0 Å². The lowest BCUT2D eigenvalue weighted by molar-refractivity contribution is 0.0423. The van der Waals surface area contributed by atoms with Crippen LogP contribution in [0.4, 0.5) is 0 Å². The maximum atomic E-state index is 12.0. The Labute approximate surface area is 91.3 Å². The zero-order valence-electron chi connectivity index (χ0n) is 9.40. The third kappa shape index (κ3) is 3.48. The number of hydrogen-bond donors (Lipinski definition) is 0. The Bertz CT molecular complexity index is 287. The zero-order chi connectivity index (χ0) is 11.1. The van der Waals surface area contributed by atoms with Gasteiger partial charge in [-0.15, -0.1) is 0 Å². The van der Waals surface area contributed by atoms with Crippen molar-refractivity contribution in [1.82, 2.24) is 0 Å². The molecule has 0 N–H and O–H groups in total. The van der Waals surface area contributed by atoms with Gasteiger partial charge in [0.25, 0.3) is 0 Å². The summed E-state index contributed by atoms with van der Waals surface area (Å²) >= 11 is 0. The molecule has 0 aliphatic rings. The first kappa shape index (κ1) is 11.9. The number of carbonyl (C=O) groups excluding carboxylic acids is 1. The summed E-state index contributed by atoms with van der Waals surface area (Å²) in [6.45, 7) is 4.56. The molecule has 0 spiro atoms. The van der Waals surface area contributed by atoms with Gasteiger partial charge in [-0.2, -0.15) is 0 Å². The van der Waals surface area contributed by atoms with Crippen molar-refractivity contribution >= 4 is 5.78 Å². The average Bonchev–Trinajstić information content (AvgIpc) is 2.29. The van der Waals surface area contributed by atoms with Gasteiger partial charge in [0.15, 0.2) is 5.78 Å². The van der Waals surface area contributed by atoms with Gasteiger partial charge in [-0.05, 0) is 13.3 Å². The van der Waals surface area contributed by atoms with Gasteiger partial charge < -0.3 is 4.74 Å². The number of rotatable bonds is 6. The van der Waals surface area contributed by atoms with Gasteiger partial charge in [0.2, 0.25) is 0 Å². The molecule has 0 aromatic heterocycles. The topological polar surface area (TPSA) is 26.3 Å². The van der Waals surface area contributed by atoms with E-state index in [1.165, 1.54) is 0 Å². The van der Waals surface area contributed by atoms with Crippen LogP contribution in [0.1, 0.15) is 37.0 Å². The molecule has 1 atom stereocenters. The van der Waals surface area contributed by atoms with Gasteiger partial charge in [-0.25, -0.2) is 0 Å².